The lowest BCUT2D eigenvalue weighted by atomic mass is 10.2. The molecule has 3 aromatic rings. The minimum atomic E-state index is 0.115. The lowest BCUT2D eigenvalue weighted by Crippen LogP contribution is -2.40. The van der Waals surface area contributed by atoms with Crippen molar-refractivity contribution < 1.29 is 4.79 Å². The van der Waals surface area contributed by atoms with E-state index in [9.17, 15) is 4.79 Å². The molecule has 144 valence electrons. The number of nitrogens with one attached hydrogen (secondary N) is 1. The smallest absolute Gasteiger partial charge is 0.318 e. The Kier molecular flexibility index (Phi) is 4.49. The van der Waals surface area contributed by atoms with E-state index in [2.05, 4.69) is 29.6 Å². The Labute approximate surface area is 168 Å². The largest absolute Gasteiger partial charge is 0.324 e. The molecule has 2 saturated heterocycles. The summed E-state index contributed by atoms with van der Waals surface area (Å²) in [6, 6.07) is 16.8. The maximum atomic E-state index is 13.0. The highest BCUT2D eigenvalue weighted by Crippen LogP contribution is 2.32. The monoisotopic (exact) mass is 393 g/mol. The molecule has 2 aliphatic heterocycles. The van der Waals surface area contributed by atoms with Gasteiger partial charge in [0.1, 0.15) is 5.03 Å². The number of rotatable bonds is 4. The fraction of sp³-hybridized carbons (Fsp3) is 0.333. The summed E-state index contributed by atoms with van der Waals surface area (Å²) in [7, 11) is 0. The Bertz CT molecular complexity index is 1010. The van der Waals surface area contributed by atoms with Crippen molar-refractivity contribution >= 4 is 34.4 Å². The third-order valence-corrected chi connectivity index (χ3v) is 6.34. The molecule has 1 aromatic heterocycles. The van der Waals surface area contributed by atoms with E-state index in [0.717, 1.165) is 59.9 Å². The molecule has 1 atom stereocenters. The molecule has 2 aliphatic rings. The van der Waals surface area contributed by atoms with Crippen LogP contribution in [-0.4, -0.2) is 59.2 Å². The molecule has 2 aromatic carbocycles. The van der Waals surface area contributed by atoms with Crippen molar-refractivity contribution in [1.82, 2.24) is 20.0 Å². The Morgan fingerprint density at radius 1 is 1.11 bits per heavy atom. The summed E-state index contributed by atoms with van der Waals surface area (Å²) in [5, 5.41) is 10.3. The summed E-state index contributed by atoms with van der Waals surface area (Å²) in [5.41, 5.74) is 2.99. The van der Waals surface area contributed by atoms with Crippen molar-refractivity contribution in [1.29, 1.82) is 0 Å². The van der Waals surface area contributed by atoms with Crippen LogP contribution in [-0.2, 0) is 0 Å². The van der Waals surface area contributed by atoms with Gasteiger partial charge in [-0.1, -0.05) is 18.2 Å². The van der Waals surface area contributed by atoms with Crippen LogP contribution in [0.25, 0.3) is 16.6 Å². The van der Waals surface area contributed by atoms with Crippen LogP contribution in [0.1, 0.15) is 6.42 Å². The Morgan fingerprint density at radius 2 is 1.96 bits per heavy atom. The van der Waals surface area contributed by atoms with Gasteiger partial charge in [-0.2, -0.15) is 5.10 Å². The van der Waals surface area contributed by atoms with Gasteiger partial charge in [-0.15, -0.1) is 11.8 Å². The normalized spacial score (nSPS) is 19.9. The molecule has 0 radical (unpaired) electrons. The zero-order valence-electron chi connectivity index (χ0n) is 15.8. The number of urea groups is 1. The second-order valence-corrected chi connectivity index (χ2v) is 8.03. The van der Waals surface area contributed by atoms with Crippen molar-refractivity contribution in [2.45, 2.75) is 17.5 Å². The first-order valence-electron chi connectivity index (χ1n) is 9.67. The van der Waals surface area contributed by atoms with Crippen molar-refractivity contribution in [3.8, 4) is 5.69 Å². The predicted molar refractivity (Wildman–Crippen MR) is 114 cm³/mol. The maximum Gasteiger partial charge on any atom is 0.324 e. The zero-order valence-corrected chi connectivity index (χ0v) is 16.7. The number of carbonyl (C=O) groups is 1. The number of anilines is 1. The molecule has 28 heavy (non-hydrogen) atoms. The summed E-state index contributed by atoms with van der Waals surface area (Å²) in [4.78, 5) is 17.0. The van der Waals surface area contributed by atoms with Gasteiger partial charge < -0.3 is 10.2 Å². The van der Waals surface area contributed by atoms with Gasteiger partial charge in [0.05, 0.1) is 11.2 Å². The van der Waals surface area contributed by atoms with Gasteiger partial charge in [0, 0.05) is 36.7 Å². The third-order valence-electron chi connectivity index (χ3n) is 5.65. The van der Waals surface area contributed by atoms with Gasteiger partial charge >= 0.3 is 6.03 Å². The molecule has 0 saturated carbocycles. The summed E-state index contributed by atoms with van der Waals surface area (Å²) in [5.74, 6) is 0. The molecule has 6 nitrogen and oxygen atoms in total. The topological polar surface area (TPSA) is 53.4 Å². The highest BCUT2D eigenvalue weighted by atomic mass is 32.2. The van der Waals surface area contributed by atoms with E-state index >= 15 is 0 Å². The Morgan fingerprint density at radius 3 is 2.71 bits per heavy atom. The summed E-state index contributed by atoms with van der Waals surface area (Å²) in [6.45, 7) is 3.41. The number of benzene rings is 2. The molecule has 0 aliphatic carbocycles. The van der Waals surface area contributed by atoms with Gasteiger partial charge in [-0.05, 0) is 49.6 Å². The fourth-order valence-electron chi connectivity index (χ4n) is 4.20. The number of amides is 2. The molecule has 1 unspecified atom stereocenters. The van der Waals surface area contributed by atoms with Crippen molar-refractivity contribution in [3.63, 3.8) is 0 Å². The number of carbonyl (C=O) groups excluding carboxylic acids is 1. The lowest BCUT2D eigenvalue weighted by molar-refractivity contribution is 0.205. The van der Waals surface area contributed by atoms with Gasteiger partial charge in [0.15, 0.2) is 0 Å². The van der Waals surface area contributed by atoms with Gasteiger partial charge in [-0.25, -0.2) is 9.48 Å². The van der Waals surface area contributed by atoms with Crippen LogP contribution in [0.15, 0.2) is 53.6 Å². The van der Waals surface area contributed by atoms with Crippen LogP contribution in [0.3, 0.4) is 0 Å². The molecular formula is C21H23N5OS. The molecule has 5 rings (SSSR count). The Balaban J connectivity index is 1.54. The van der Waals surface area contributed by atoms with Crippen molar-refractivity contribution in [3.05, 3.63) is 48.5 Å². The van der Waals surface area contributed by atoms with Crippen LogP contribution in [0.4, 0.5) is 10.5 Å². The molecule has 0 bridgehead atoms. The molecular weight excluding hydrogens is 370 g/mol. The molecule has 7 heteroatoms. The lowest BCUT2D eigenvalue weighted by Gasteiger charge is -2.23. The van der Waals surface area contributed by atoms with E-state index in [1.807, 2.05) is 45.0 Å². The minimum Gasteiger partial charge on any atom is -0.318 e. The van der Waals surface area contributed by atoms with Crippen LogP contribution in [0, 0.1) is 0 Å². The third kappa shape index (κ3) is 2.86. The highest BCUT2D eigenvalue weighted by molar-refractivity contribution is 7.98. The van der Waals surface area contributed by atoms with Gasteiger partial charge in [0.2, 0.25) is 0 Å². The summed E-state index contributed by atoms with van der Waals surface area (Å²) >= 11 is 1.64. The second-order valence-electron chi connectivity index (χ2n) is 7.23. The van der Waals surface area contributed by atoms with E-state index in [1.54, 1.807) is 11.8 Å². The van der Waals surface area contributed by atoms with Crippen molar-refractivity contribution in [2.75, 3.05) is 37.3 Å². The first-order chi connectivity index (χ1) is 13.8. The molecule has 0 spiro atoms. The summed E-state index contributed by atoms with van der Waals surface area (Å²) in [6.07, 6.45) is 3.08. The van der Waals surface area contributed by atoms with Gasteiger partial charge in [-0.3, -0.25) is 4.90 Å². The minimum absolute atomic E-state index is 0.115. The Hall–Kier alpha value is -2.51. The molecule has 3 heterocycles. The molecule has 2 fully saturated rings. The maximum absolute atomic E-state index is 13.0. The van der Waals surface area contributed by atoms with Crippen LogP contribution in [0.2, 0.25) is 0 Å². The number of aromatic nitrogens is 2. The van der Waals surface area contributed by atoms with Crippen LogP contribution >= 0.6 is 11.8 Å². The fourth-order valence-corrected chi connectivity index (χ4v) is 4.75. The van der Waals surface area contributed by atoms with E-state index in [-0.39, 0.29) is 6.03 Å². The quantitative estimate of drug-likeness (QED) is 0.691. The van der Waals surface area contributed by atoms with E-state index in [4.69, 9.17) is 5.10 Å². The average Bonchev–Trinajstić information content (AvgIpc) is 3.46. The predicted octanol–water partition coefficient (Wildman–Crippen LogP) is 3.35. The van der Waals surface area contributed by atoms with Gasteiger partial charge in [0.25, 0.3) is 0 Å². The number of fused-ring (bicyclic) bond motifs is 1. The van der Waals surface area contributed by atoms with E-state index in [0.29, 0.717) is 6.04 Å². The number of hydrogen-bond donors (Lipinski definition) is 1. The summed E-state index contributed by atoms with van der Waals surface area (Å²) < 4.78 is 1.98. The zero-order chi connectivity index (χ0) is 19.1. The highest BCUT2D eigenvalue weighted by Gasteiger charge is 2.35. The number of hydrogen-bond acceptors (Lipinski definition) is 4. The standard InChI is InChI=1S/C21H23N5OS/c1-28-20-18-8-7-16(13-19(18)26(23-20)15-5-3-2-4-6-15)24-11-12-25(21(24)27)17-9-10-22-14-17/h2-8,13,17,22H,9-12,14H2,1H3. The second kappa shape index (κ2) is 7.14. The van der Waals surface area contributed by atoms with E-state index in [1.165, 1.54) is 0 Å². The van der Waals surface area contributed by atoms with Crippen molar-refractivity contribution in [2.24, 2.45) is 0 Å². The molecule has 1 N–H and O–H groups in total. The van der Waals surface area contributed by atoms with Crippen LogP contribution in [0.5, 0.6) is 0 Å². The average molecular weight is 394 g/mol. The number of para-hydroxylation sites is 1. The number of nitrogens with zero attached hydrogens (tertiary/aromatic N) is 4. The molecule has 2 amide bonds. The van der Waals surface area contributed by atoms with E-state index < -0.39 is 0 Å². The number of thioether (sulfide) groups is 1. The first-order valence-corrected chi connectivity index (χ1v) is 10.9. The first kappa shape index (κ1) is 17.6. The van der Waals surface area contributed by atoms with Crippen LogP contribution < -0.4 is 10.2 Å². The SMILES string of the molecule is CSc1nn(-c2ccccc2)c2cc(N3CCN(C4CCNC4)C3=O)ccc12.